The minimum absolute atomic E-state index is 0.124. The van der Waals surface area contributed by atoms with Crippen LogP contribution in [0, 0.1) is 20.8 Å². The number of anilines is 2. The lowest BCUT2D eigenvalue weighted by Gasteiger charge is -2.14. The molecule has 0 aliphatic rings. The van der Waals surface area contributed by atoms with Crippen molar-refractivity contribution in [3.63, 3.8) is 0 Å². The minimum atomic E-state index is -3.73. The van der Waals surface area contributed by atoms with Gasteiger partial charge in [0.1, 0.15) is 4.90 Å². The van der Waals surface area contributed by atoms with E-state index in [2.05, 4.69) is 9.71 Å². The van der Waals surface area contributed by atoms with Crippen LogP contribution in [0.1, 0.15) is 16.7 Å². The van der Waals surface area contributed by atoms with Crippen molar-refractivity contribution in [1.82, 2.24) is 4.98 Å². The average Bonchev–Trinajstić information content (AvgIpc) is 2.33. The maximum atomic E-state index is 12.5. The lowest BCUT2D eigenvalue weighted by molar-refractivity contribution is 0.601. The molecule has 0 aliphatic carbocycles. The molecule has 6 heteroatoms. The third-order valence-electron chi connectivity index (χ3n) is 3.01. The predicted molar refractivity (Wildman–Crippen MR) is 80.1 cm³/mol. The summed E-state index contributed by atoms with van der Waals surface area (Å²) in [5, 5.41) is 0. The number of pyridine rings is 1. The van der Waals surface area contributed by atoms with E-state index in [1.807, 2.05) is 6.92 Å². The van der Waals surface area contributed by atoms with Gasteiger partial charge in [0, 0.05) is 6.20 Å². The number of nitrogens with zero attached hydrogens (tertiary/aromatic N) is 1. The molecule has 0 unspecified atom stereocenters. The molecule has 0 atom stereocenters. The fourth-order valence-electron chi connectivity index (χ4n) is 1.98. The minimum Gasteiger partial charge on any atom is -0.397 e. The monoisotopic (exact) mass is 291 g/mol. The number of hydrogen-bond acceptors (Lipinski definition) is 4. The SMILES string of the molecule is Cc1cncc(NS(=O)(=O)c2c(C)ccc(C)c2N)c1. The molecule has 0 aliphatic heterocycles. The molecule has 0 bridgehead atoms. The van der Waals surface area contributed by atoms with Crippen molar-refractivity contribution >= 4 is 21.4 Å². The number of hydrogen-bond donors (Lipinski definition) is 2. The first-order valence-corrected chi connectivity index (χ1v) is 7.60. The molecule has 0 fully saturated rings. The van der Waals surface area contributed by atoms with Gasteiger partial charge in [-0.1, -0.05) is 12.1 Å². The zero-order chi connectivity index (χ0) is 14.9. The lowest BCUT2D eigenvalue weighted by atomic mass is 10.1. The number of nitrogens with two attached hydrogens (primary N) is 1. The van der Waals surface area contributed by atoms with Gasteiger partial charge in [-0.05, 0) is 43.5 Å². The maximum absolute atomic E-state index is 12.5. The number of sulfonamides is 1. The molecular weight excluding hydrogens is 274 g/mol. The van der Waals surface area contributed by atoms with E-state index >= 15 is 0 Å². The summed E-state index contributed by atoms with van der Waals surface area (Å²) in [5.41, 5.74) is 8.84. The molecule has 0 radical (unpaired) electrons. The largest absolute Gasteiger partial charge is 0.397 e. The smallest absolute Gasteiger partial charge is 0.264 e. The van der Waals surface area contributed by atoms with Crippen LogP contribution in [0.3, 0.4) is 0 Å². The second kappa shape index (κ2) is 5.13. The Balaban J connectivity index is 2.49. The molecule has 1 aromatic carbocycles. The molecular formula is C14H17N3O2S. The van der Waals surface area contributed by atoms with Crippen LogP contribution in [-0.4, -0.2) is 13.4 Å². The van der Waals surface area contributed by atoms with Crippen LogP contribution in [0.15, 0.2) is 35.5 Å². The molecule has 1 aromatic heterocycles. The molecule has 0 saturated heterocycles. The number of nitrogen functional groups attached to an aromatic ring is 1. The summed E-state index contributed by atoms with van der Waals surface area (Å²) < 4.78 is 27.5. The molecule has 2 aromatic rings. The van der Waals surface area contributed by atoms with E-state index in [1.165, 1.54) is 6.20 Å². The molecule has 5 nitrogen and oxygen atoms in total. The summed E-state index contributed by atoms with van der Waals surface area (Å²) >= 11 is 0. The van der Waals surface area contributed by atoms with Crippen LogP contribution in [0.2, 0.25) is 0 Å². The van der Waals surface area contributed by atoms with Gasteiger partial charge >= 0.3 is 0 Å². The number of aryl methyl sites for hydroxylation is 3. The van der Waals surface area contributed by atoms with Gasteiger partial charge in [-0.2, -0.15) is 0 Å². The fraction of sp³-hybridized carbons (Fsp3) is 0.214. The second-order valence-electron chi connectivity index (χ2n) is 4.80. The molecule has 106 valence electrons. The Morgan fingerprint density at radius 2 is 1.75 bits per heavy atom. The highest BCUT2D eigenvalue weighted by atomic mass is 32.2. The van der Waals surface area contributed by atoms with Crippen molar-refractivity contribution in [1.29, 1.82) is 0 Å². The number of benzene rings is 1. The highest BCUT2D eigenvalue weighted by Crippen LogP contribution is 2.27. The summed E-state index contributed by atoms with van der Waals surface area (Å²) in [5.74, 6) is 0. The molecule has 0 saturated carbocycles. The van der Waals surface area contributed by atoms with Gasteiger partial charge in [0.15, 0.2) is 0 Å². The summed E-state index contributed by atoms with van der Waals surface area (Å²) in [6, 6.07) is 5.26. The van der Waals surface area contributed by atoms with Crippen LogP contribution >= 0.6 is 0 Å². The third kappa shape index (κ3) is 2.75. The molecule has 3 N–H and O–H groups in total. The summed E-state index contributed by atoms with van der Waals surface area (Å²) in [4.78, 5) is 4.09. The van der Waals surface area contributed by atoms with E-state index in [9.17, 15) is 8.42 Å². The van der Waals surface area contributed by atoms with Crippen LogP contribution in [0.25, 0.3) is 0 Å². The van der Waals surface area contributed by atoms with Crippen molar-refractivity contribution in [2.24, 2.45) is 0 Å². The van der Waals surface area contributed by atoms with Crippen molar-refractivity contribution in [3.8, 4) is 0 Å². The summed E-state index contributed by atoms with van der Waals surface area (Å²) in [6.07, 6.45) is 3.12. The Labute approximate surface area is 118 Å². The van der Waals surface area contributed by atoms with Crippen LogP contribution < -0.4 is 10.5 Å². The quantitative estimate of drug-likeness (QED) is 0.850. The number of aromatic nitrogens is 1. The summed E-state index contributed by atoms with van der Waals surface area (Å²) in [6.45, 7) is 5.35. The number of nitrogens with one attached hydrogen (secondary N) is 1. The Kier molecular flexibility index (Phi) is 3.67. The highest BCUT2D eigenvalue weighted by Gasteiger charge is 2.21. The zero-order valence-corrected chi connectivity index (χ0v) is 12.5. The van der Waals surface area contributed by atoms with E-state index in [4.69, 9.17) is 5.73 Å². The molecule has 1 heterocycles. The van der Waals surface area contributed by atoms with E-state index < -0.39 is 10.0 Å². The number of rotatable bonds is 3. The Bertz CT molecular complexity index is 755. The zero-order valence-electron chi connectivity index (χ0n) is 11.6. The van der Waals surface area contributed by atoms with Gasteiger partial charge < -0.3 is 5.73 Å². The van der Waals surface area contributed by atoms with E-state index in [0.717, 1.165) is 11.1 Å². The van der Waals surface area contributed by atoms with Crippen molar-refractivity contribution in [3.05, 3.63) is 47.3 Å². The topological polar surface area (TPSA) is 85.1 Å². The maximum Gasteiger partial charge on any atom is 0.264 e. The van der Waals surface area contributed by atoms with Gasteiger partial charge in [0.2, 0.25) is 0 Å². The van der Waals surface area contributed by atoms with Crippen LogP contribution in [0.5, 0.6) is 0 Å². The van der Waals surface area contributed by atoms with Crippen molar-refractivity contribution in [2.75, 3.05) is 10.5 Å². The van der Waals surface area contributed by atoms with Crippen molar-refractivity contribution < 1.29 is 8.42 Å². The van der Waals surface area contributed by atoms with Crippen LogP contribution in [0.4, 0.5) is 11.4 Å². The van der Waals surface area contributed by atoms with Crippen LogP contribution in [-0.2, 0) is 10.0 Å². The average molecular weight is 291 g/mol. The first-order chi connectivity index (χ1) is 9.31. The molecule has 20 heavy (non-hydrogen) atoms. The third-order valence-corrected chi connectivity index (χ3v) is 4.59. The van der Waals surface area contributed by atoms with Crippen molar-refractivity contribution in [2.45, 2.75) is 25.7 Å². The lowest BCUT2D eigenvalue weighted by Crippen LogP contribution is -2.17. The van der Waals surface area contributed by atoms with Gasteiger partial charge in [-0.25, -0.2) is 8.42 Å². The predicted octanol–water partition coefficient (Wildman–Crippen LogP) is 2.39. The Morgan fingerprint density at radius 3 is 2.40 bits per heavy atom. The normalized spacial score (nSPS) is 11.3. The fourth-order valence-corrected chi connectivity index (χ4v) is 3.45. The Hall–Kier alpha value is -2.08. The Morgan fingerprint density at radius 1 is 1.10 bits per heavy atom. The molecule has 2 rings (SSSR count). The van der Waals surface area contributed by atoms with E-state index in [0.29, 0.717) is 11.3 Å². The first kappa shape index (κ1) is 14.3. The molecule has 0 amide bonds. The van der Waals surface area contributed by atoms with Gasteiger partial charge in [-0.15, -0.1) is 0 Å². The van der Waals surface area contributed by atoms with E-state index in [1.54, 1.807) is 38.2 Å². The van der Waals surface area contributed by atoms with Gasteiger partial charge in [0.25, 0.3) is 10.0 Å². The second-order valence-corrected chi connectivity index (χ2v) is 6.42. The van der Waals surface area contributed by atoms with Gasteiger partial charge in [0.05, 0.1) is 17.6 Å². The van der Waals surface area contributed by atoms with E-state index in [-0.39, 0.29) is 10.6 Å². The molecule has 0 spiro atoms. The first-order valence-electron chi connectivity index (χ1n) is 6.11. The standard InChI is InChI=1S/C14H17N3O2S/c1-9-6-12(8-16-7-9)17-20(18,19)14-11(3)5-4-10(2)13(14)15/h4-8,17H,15H2,1-3H3. The highest BCUT2D eigenvalue weighted by molar-refractivity contribution is 7.93. The summed E-state index contributed by atoms with van der Waals surface area (Å²) in [7, 11) is -3.73. The van der Waals surface area contributed by atoms with Gasteiger partial charge in [-0.3, -0.25) is 9.71 Å².